The standard InChI is InChI=1S/C11H10N4O/c12-15-14-7-8-16-11-5-6-13-10-4-2-1-3-9(10)11/h1-6H,7-8H2. The van der Waals surface area contributed by atoms with Gasteiger partial charge in [-0.2, -0.15) is 0 Å². The number of ether oxygens (including phenoxy) is 1. The van der Waals surface area contributed by atoms with E-state index < -0.39 is 0 Å². The van der Waals surface area contributed by atoms with Crippen molar-refractivity contribution in [2.75, 3.05) is 13.2 Å². The Kier molecular flexibility index (Phi) is 3.21. The van der Waals surface area contributed by atoms with E-state index in [9.17, 15) is 0 Å². The molecule has 0 aliphatic heterocycles. The lowest BCUT2D eigenvalue weighted by Gasteiger charge is -2.06. The number of azide groups is 1. The number of rotatable bonds is 4. The molecule has 0 aliphatic carbocycles. The highest BCUT2D eigenvalue weighted by molar-refractivity contribution is 5.84. The normalized spacial score (nSPS) is 9.75. The number of para-hydroxylation sites is 1. The van der Waals surface area contributed by atoms with Crippen molar-refractivity contribution in [3.8, 4) is 5.75 Å². The van der Waals surface area contributed by atoms with Gasteiger partial charge in [0.05, 0.1) is 18.7 Å². The zero-order chi connectivity index (χ0) is 11.2. The van der Waals surface area contributed by atoms with Gasteiger partial charge in [0.2, 0.25) is 0 Å². The third-order valence-electron chi connectivity index (χ3n) is 2.12. The zero-order valence-electron chi connectivity index (χ0n) is 8.58. The Balaban J connectivity index is 2.20. The molecule has 0 saturated carbocycles. The molecule has 1 aromatic carbocycles. The topological polar surface area (TPSA) is 70.9 Å². The van der Waals surface area contributed by atoms with Gasteiger partial charge in [-0.15, -0.1) is 0 Å². The fourth-order valence-corrected chi connectivity index (χ4v) is 1.44. The summed E-state index contributed by atoms with van der Waals surface area (Å²) >= 11 is 0. The second-order valence-electron chi connectivity index (χ2n) is 3.13. The first-order valence-electron chi connectivity index (χ1n) is 4.89. The number of hydrogen-bond acceptors (Lipinski definition) is 3. The van der Waals surface area contributed by atoms with Crippen LogP contribution in [-0.2, 0) is 0 Å². The van der Waals surface area contributed by atoms with Crippen LogP contribution >= 0.6 is 0 Å². The summed E-state index contributed by atoms with van der Waals surface area (Å²) in [6.45, 7) is 0.700. The maximum Gasteiger partial charge on any atom is 0.130 e. The minimum Gasteiger partial charge on any atom is -0.493 e. The molecule has 0 unspecified atom stereocenters. The van der Waals surface area contributed by atoms with Crippen molar-refractivity contribution in [3.63, 3.8) is 0 Å². The first kappa shape index (κ1) is 10.3. The maximum atomic E-state index is 8.13. The third-order valence-corrected chi connectivity index (χ3v) is 2.12. The lowest BCUT2D eigenvalue weighted by atomic mass is 10.2. The molecule has 5 heteroatoms. The van der Waals surface area contributed by atoms with E-state index in [0.29, 0.717) is 13.2 Å². The molecule has 0 aliphatic rings. The average molecular weight is 214 g/mol. The van der Waals surface area contributed by atoms with Crippen LogP contribution in [0.5, 0.6) is 5.75 Å². The van der Waals surface area contributed by atoms with Gasteiger partial charge in [-0.05, 0) is 23.7 Å². The Labute approximate surface area is 92.3 Å². The van der Waals surface area contributed by atoms with Gasteiger partial charge in [0, 0.05) is 16.5 Å². The summed E-state index contributed by atoms with van der Waals surface area (Å²) in [6, 6.07) is 9.54. The molecule has 1 aromatic heterocycles. The molecular formula is C11H10N4O. The number of aromatic nitrogens is 1. The van der Waals surface area contributed by atoms with E-state index in [1.807, 2.05) is 24.3 Å². The second kappa shape index (κ2) is 5.00. The molecule has 2 rings (SSSR count). The number of benzene rings is 1. The maximum absolute atomic E-state index is 8.13. The molecule has 0 bridgehead atoms. The molecule has 0 atom stereocenters. The average Bonchev–Trinajstić information content (AvgIpc) is 2.35. The van der Waals surface area contributed by atoms with E-state index in [0.717, 1.165) is 16.7 Å². The number of pyridine rings is 1. The van der Waals surface area contributed by atoms with Crippen LogP contribution in [0.1, 0.15) is 0 Å². The number of nitrogens with zero attached hydrogens (tertiary/aromatic N) is 4. The summed E-state index contributed by atoms with van der Waals surface area (Å²) in [7, 11) is 0. The first-order valence-corrected chi connectivity index (χ1v) is 4.89. The van der Waals surface area contributed by atoms with Crippen molar-refractivity contribution in [1.82, 2.24) is 4.98 Å². The first-order chi connectivity index (χ1) is 7.92. The lowest BCUT2D eigenvalue weighted by Crippen LogP contribution is -2.00. The van der Waals surface area contributed by atoms with Crippen molar-refractivity contribution in [2.24, 2.45) is 5.11 Å². The fourth-order valence-electron chi connectivity index (χ4n) is 1.44. The van der Waals surface area contributed by atoms with Gasteiger partial charge in [-0.3, -0.25) is 4.98 Å². The second-order valence-corrected chi connectivity index (χ2v) is 3.13. The van der Waals surface area contributed by atoms with E-state index in [-0.39, 0.29) is 0 Å². The van der Waals surface area contributed by atoms with Crippen LogP contribution in [-0.4, -0.2) is 18.1 Å². The Bertz CT molecular complexity index is 529. The van der Waals surface area contributed by atoms with Crippen molar-refractivity contribution in [3.05, 3.63) is 47.0 Å². The molecule has 5 nitrogen and oxygen atoms in total. The summed E-state index contributed by atoms with van der Waals surface area (Å²) in [5.74, 6) is 0.763. The minimum absolute atomic E-state index is 0.327. The van der Waals surface area contributed by atoms with Crippen LogP contribution < -0.4 is 4.74 Å². The molecule has 80 valence electrons. The molecule has 0 spiro atoms. The Morgan fingerprint density at radius 3 is 3.06 bits per heavy atom. The Hall–Kier alpha value is -2.26. The summed E-state index contributed by atoms with van der Waals surface area (Å²) in [5.41, 5.74) is 9.02. The van der Waals surface area contributed by atoms with Gasteiger partial charge in [-0.1, -0.05) is 17.2 Å². The largest absolute Gasteiger partial charge is 0.493 e. The fraction of sp³-hybridized carbons (Fsp3) is 0.182. The molecule has 2 aromatic rings. The number of fused-ring (bicyclic) bond motifs is 1. The summed E-state index contributed by atoms with van der Waals surface area (Å²) in [5, 5.41) is 4.37. The van der Waals surface area contributed by atoms with Gasteiger partial charge < -0.3 is 4.74 Å². The summed E-state index contributed by atoms with van der Waals surface area (Å²) < 4.78 is 5.52. The highest BCUT2D eigenvalue weighted by atomic mass is 16.5. The van der Waals surface area contributed by atoms with E-state index >= 15 is 0 Å². The van der Waals surface area contributed by atoms with Crippen molar-refractivity contribution in [2.45, 2.75) is 0 Å². The monoisotopic (exact) mass is 214 g/mol. The smallest absolute Gasteiger partial charge is 0.130 e. The highest BCUT2D eigenvalue weighted by Crippen LogP contribution is 2.22. The van der Waals surface area contributed by atoms with Crippen molar-refractivity contribution in [1.29, 1.82) is 0 Å². The van der Waals surface area contributed by atoms with Crippen molar-refractivity contribution < 1.29 is 4.74 Å². The van der Waals surface area contributed by atoms with Gasteiger partial charge in [0.15, 0.2) is 0 Å². The lowest BCUT2D eigenvalue weighted by molar-refractivity contribution is 0.332. The molecule has 0 fully saturated rings. The van der Waals surface area contributed by atoms with E-state index in [1.165, 1.54) is 0 Å². The Morgan fingerprint density at radius 1 is 1.31 bits per heavy atom. The van der Waals surface area contributed by atoms with Crippen LogP contribution in [0.25, 0.3) is 21.3 Å². The molecular weight excluding hydrogens is 204 g/mol. The molecule has 1 heterocycles. The zero-order valence-corrected chi connectivity index (χ0v) is 8.58. The highest BCUT2D eigenvalue weighted by Gasteiger charge is 2.00. The van der Waals surface area contributed by atoms with E-state index in [4.69, 9.17) is 10.3 Å². The van der Waals surface area contributed by atoms with Crippen LogP contribution in [0.2, 0.25) is 0 Å². The minimum atomic E-state index is 0.327. The van der Waals surface area contributed by atoms with Gasteiger partial charge in [0.25, 0.3) is 0 Å². The SMILES string of the molecule is [N-]=[N+]=NCCOc1ccnc2ccccc12. The van der Waals surface area contributed by atoms with Crippen LogP contribution in [0.15, 0.2) is 41.6 Å². The van der Waals surface area contributed by atoms with Crippen LogP contribution in [0.4, 0.5) is 0 Å². The molecule has 0 amide bonds. The third kappa shape index (κ3) is 2.21. The molecule has 16 heavy (non-hydrogen) atoms. The van der Waals surface area contributed by atoms with Gasteiger partial charge >= 0.3 is 0 Å². The molecule has 0 N–H and O–H groups in total. The predicted octanol–water partition coefficient (Wildman–Crippen LogP) is 2.92. The number of hydrogen-bond donors (Lipinski definition) is 0. The Morgan fingerprint density at radius 2 is 2.19 bits per heavy atom. The summed E-state index contributed by atoms with van der Waals surface area (Å²) in [4.78, 5) is 6.89. The van der Waals surface area contributed by atoms with Gasteiger partial charge in [-0.25, -0.2) is 0 Å². The van der Waals surface area contributed by atoms with Crippen LogP contribution in [0.3, 0.4) is 0 Å². The van der Waals surface area contributed by atoms with Crippen LogP contribution in [0, 0.1) is 0 Å². The predicted molar refractivity (Wildman–Crippen MR) is 61.3 cm³/mol. The molecule has 0 radical (unpaired) electrons. The molecule has 0 saturated heterocycles. The van der Waals surface area contributed by atoms with E-state index in [2.05, 4.69) is 15.0 Å². The van der Waals surface area contributed by atoms with Crippen molar-refractivity contribution >= 4 is 10.9 Å². The van der Waals surface area contributed by atoms with Gasteiger partial charge in [0.1, 0.15) is 5.75 Å². The summed E-state index contributed by atoms with van der Waals surface area (Å²) in [6.07, 6.45) is 1.70. The van der Waals surface area contributed by atoms with E-state index in [1.54, 1.807) is 12.3 Å². The quantitative estimate of drug-likeness (QED) is 0.339.